The van der Waals surface area contributed by atoms with E-state index in [1.165, 1.54) is 19.9 Å². The Kier molecular flexibility index (Phi) is 5.51. The van der Waals surface area contributed by atoms with Crippen LogP contribution in [0.1, 0.15) is 40.9 Å². The van der Waals surface area contributed by atoms with Gasteiger partial charge < -0.3 is 5.32 Å². The Morgan fingerprint density at radius 3 is 2.19 bits per heavy atom. The molecule has 0 atom stereocenters. The number of benzene rings is 2. The number of hydrogen-bond acceptors (Lipinski definition) is 4. The van der Waals surface area contributed by atoms with Gasteiger partial charge in [-0.1, -0.05) is 18.2 Å². The third-order valence-electron chi connectivity index (χ3n) is 3.99. The molecule has 0 radical (unpaired) electrons. The van der Waals surface area contributed by atoms with Crippen molar-refractivity contribution in [2.75, 3.05) is 10.0 Å². The lowest BCUT2D eigenvalue weighted by Gasteiger charge is -2.18. The van der Waals surface area contributed by atoms with Gasteiger partial charge in [0.1, 0.15) is 0 Å². The molecular formula is C19H22N2O4S. The molecule has 2 rings (SSSR count). The zero-order valence-corrected chi connectivity index (χ0v) is 16.2. The minimum Gasteiger partial charge on any atom is -0.326 e. The highest BCUT2D eigenvalue weighted by Gasteiger charge is 2.23. The van der Waals surface area contributed by atoms with Crippen LogP contribution < -0.4 is 10.0 Å². The molecule has 0 aliphatic heterocycles. The SMILES string of the molecule is CC(=O)Nc1c(C)cc(C)c(S(=O)(=O)Nc2cccc(C(C)=O)c2)c1C. The van der Waals surface area contributed by atoms with Gasteiger partial charge in [0, 0.05) is 23.9 Å². The van der Waals surface area contributed by atoms with E-state index in [1.54, 1.807) is 38.1 Å². The largest absolute Gasteiger partial charge is 0.326 e. The van der Waals surface area contributed by atoms with Crippen molar-refractivity contribution in [3.8, 4) is 0 Å². The third kappa shape index (κ3) is 4.11. The lowest BCUT2D eigenvalue weighted by molar-refractivity contribution is -0.114. The van der Waals surface area contributed by atoms with Crippen molar-refractivity contribution < 1.29 is 18.0 Å². The van der Waals surface area contributed by atoms with Crippen LogP contribution in [-0.2, 0) is 14.8 Å². The van der Waals surface area contributed by atoms with Crippen molar-refractivity contribution in [2.24, 2.45) is 0 Å². The minimum atomic E-state index is -3.90. The molecule has 0 aromatic heterocycles. The predicted octanol–water partition coefficient (Wildman–Crippen LogP) is 3.57. The Balaban J connectivity index is 2.54. The second-order valence-corrected chi connectivity index (χ2v) is 7.88. The van der Waals surface area contributed by atoms with E-state index in [2.05, 4.69) is 10.0 Å². The summed E-state index contributed by atoms with van der Waals surface area (Å²) in [4.78, 5) is 23.1. The monoisotopic (exact) mass is 374 g/mol. The third-order valence-corrected chi connectivity index (χ3v) is 5.66. The normalized spacial score (nSPS) is 11.1. The second-order valence-electron chi connectivity index (χ2n) is 6.26. The van der Waals surface area contributed by atoms with Crippen LogP contribution in [0.4, 0.5) is 11.4 Å². The highest BCUT2D eigenvalue weighted by Crippen LogP contribution is 2.31. The van der Waals surface area contributed by atoms with Crippen molar-refractivity contribution in [2.45, 2.75) is 39.5 Å². The van der Waals surface area contributed by atoms with Gasteiger partial charge in [-0.2, -0.15) is 0 Å². The molecule has 0 saturated heterocycles. The number of carbonyl (C=O) groups is 2. The number of ketones is 1. The average Bonchev–Trinajstić information content (AvgIpc) is 2.50. The van der Waals surface area contributed by atoms with Crippen molar-refractivity contribution >= 4 is 33.1 Å². The van der Waals surface area contributed by atoms with Gasteiger partial charge in [-0.25, -0.2) is 8.42 Å². The lowest BCUT2D eigenvalue weighted by Crippen LogP contribution is -2.18. The summed E-state index contributed by atoms with van der Waals surface area (Å²) in [5.41, 5.74) is 3.03. The fourth-order valence-corrected chi connectivity index (χ4v) is 4.48. The number of rotatable bonds is 5. The first-order chi connectivity index (χ1) is 12.0. The van der Waals surface area contributed by atoms with Gasteiger partial charge in [-0.05, 0) is 56.5 Å². The first-order valence-corrected chi connectivity index (χ1v) is 9.53. The fraction of sp³-hybridized carbons (Fsp3) is 0.263. The lowest BCUT2D eigenvalue weighted by atomic mass is 10.0. The van der Waals surface area contributed by atoms with Crippen LogP contribution in [0.25, 0.3) is 0 Å². The summed E-state index contributed by atoms with van der Waals surface area (Å²) in [6.07, 6.45) is 0. The van der Waals surface area contributed by atoms with Crippen LogP contribution in [0.2, 0.25) is 0 Å². The Morgan fingerprint density at radius 2 is 1.62 bits per heavy atom. The first-order valence-electron chi connectivity index (χ1n) is 8.05. The Bertz CT molecular complexity index is 995. The molecule has 2 aromatic carbocycles. The highest BCUT2D eigenvalue weighted by molar-refractivity contribution is 7.92. The van der Waals surface area contributed by atoms with Crippen LogP contribution in [-0.4, -0.2) is 20.1 Å². The van der Waals surface area contributed by atoms with E-state index in [-0.39, 0.29) is 16.6 Å². The molecule has 138 valence electrons. The smallest absolute Gasteiger partial charge is 0.262 e. The van der Waals surface area contributed by atoms with Crippen molar-refractivity contribution in [3.63, 3.8) is 0 Å². The van der Waals surface area contributed by atoms with Gasteiger partial charge in [0.05, 0.1) is 4.90 Å². The summed E-state index contributed by atoms with van der Waals surface area (Å²) in [6, 6.07) is 8.04. The van der Waals surface area contributed by atoms with E-state index in [1.807, 2.05) is 6.92 Å². The van der Waals surface area contributed by atoms with E-state index in [0.29, 0.717) is 28.1 Å². The molecule has 0 bridgehead atoms. The quantitative estimate of drug-likeness (QED) is 0.783. The summed E-state index contributed by atoms with van der Waals surface area (Å²) in [7, 11) is -3.90. The van der Waals surface area contributed by atoms with Crippen LogP contribution in [0.15, 0.2) is 35.2 Å². The number of amides is 1. The maximum absolute atomic E-state index is 13.0. The average molecular weight is 374 g/mol. The van der Waals surface area contributed by atoms with Gasteiger partial charge in [0.2, 0.25) is 5.91 Å². The topological polar surface area (TPSA) is 92.3 Å². The van der Waals surface area contributed by atoms with Crippen molar-refractivity contribution in [3.05, 3.63) is 52.6 Å². The number of anilines is 2. The molecule has 26 heavy (non-hydrogen) atoms. The van der Waals surface area contributed by atoms with E-state index in [0.717, 1.165) is 5.56 Å². The second kappa shape index (κ2) is 7.29. The number of aryl methyl sites for hydroxylation is 2. The van der Waals surface area contributed by atoms with Crippen molar-refractivity contribution in [1.29, 1.82) is 0 Å². The molecule has 1 amide bonds. The van der Waals surface area contributed by atoms with Crippen LogP contribution in [0, 0.1) is 20.8 Å². The molecule has 2 aromatic rings. The Hall–Kier alpha value is -2.67. The predicted molar refractivity (Wildman–Crippen MR) is 102 cm³/mol. The minimum absolute atomic E-state index is 0.111. The molecule has 6 nitrogen and oxygen atoms in total. The van der Waals surface area contributed by atoms with E-state index < -0.39 is 10.0 Å². The molecule has 7 heteroatoms. The summed E-state index contributed by atoms with van der Waals surface area (Å²) in [5.74, 6) is -0.424. The molecule has 0 saturated carbocycles. The Morgan fingerprint density at radius 1 is 0.962 bits per heavy atom. The number of sulfonamides is 1. The molecule has 0 heterocycles. The summed E-state index contributed by atoms with van der Waals surface area (Å²) in [5, 5.41) is 2.69. The van der Waals surface area contributed by atoms with E-state index in [4.69, 9.17) is 0 Å². The molecule has 0 fully saturated rings. The zero-order valence-electron chi connectivity index (χ0n) is 15.4. The fourth-order valence-electron chi connectivity index (χ4n) is 2.96. The van der Waals surface area contributed by atoms with E-state index in [9.17, 15) is 18.0 Å². The number of Topliss-reactive ketones (excluding diaryl/α,β-unsaturated/α-hetero) is 1. The van der Waals surface area contributed by atoms with Crippen LogP contribution >= 0.6 is 0 Å². The molecule has 2 N–H and O–H groups in total. The first kappa shape index (κ1) is 19.7. The molecular weight excluding hydrogens is 352 g/mol. The number of nitrogens with one attached hydrogen (secondary N) is 2. The van der Waals surface area contributed by atoms with Gasteiger partial charge in [0.25, 0.3) is 10.0 Å². The summed E-state index contributed by atoms with van der Waals surface area (Å²) in [6.45, 7) is 7.97. The number of hydrogen-bond donors (Lipinski definition) is 2. The van der Waals surface area contributed by atoms with E-state index >= 15 is 0 Å². The van der Waals surface area contributed by atoms with Gasteiger partial charge in [-0.3, -0.25) is 14.3 Å². The standard InChI is InChI=1S/C19H22N2O4S/c1-11-9-12(2)19(13(3)18(11)20-15(5)23)26(24,25)21-17-8-6-7-16(10-17)14(4)22/h6-10,21H,1-5H3,(H,20,23). The van der Waals surface area contributed by atoms with Gasteiger partial charge >= 0.3 is 0 Å². The van der Waals surface area contributed by atoms with Crippen molar-refractivity contribution in [1.82, 2.24) is 0 Å². The zero-order chi connectivity index (χ0) is 19.6. The van der Waals surface area contributed by atoms with Gasteiger partial charge in [0.15, 0.2) is 5.78 Å². The maximum Gasteiger partial charge on any atom is 0.262 e. The Labute approximate surface area is 153 Å². The van der Waals surface area contributed by atoms with Crippen LogP contribution in [0.5, 0.6) is 0 Å². The highest BCUT2D eigenvalue weighted by atomic mass is 32.2. The van der Waals surface area contributed by atoms with Gasteiger partial charge in [-0.15, -0.1) is 0 Å². The molecule has 0 aliphatic rings. The van der Waals surface area contributed by atoms with Crippen LogP contribution in [0.3, 0.4) is 0 Å². The maximum atomic E-state index is 13.0. The molecule has 0 spiro atoms. The summed E-state index contributed by atoms with van der Waals surface area (Å²) >= 11 is 0. The number of carbonyl (C=O) groups excluding carboxylic acids is 2. The molecule has 0 unspecified atom stereocenters. The summed E-state index contributed by atoms with van der Waals surface area (Å²) < 4.78 is 28.4. The molecule has 0 aliphatic carbocycles.